The molecule has 1 atom stereocenters. The highest BCUT2D eigenvalue weighted by atomic mass is 16.5. The first-order valence-electron chi connectivity index (χ1n) is 9.20. The molecular weight excluding hydrogens is 302 g/mol. The lowest BCUT2D eigenvalue weighted by Crippen LogP contribution is -2.39. The summed E-state index contributed by atoms with van der Waals surface area (Å²) in [5.74, 6) is 0. The van der Waals surface area contributed by atoms with Crippen molar-refractivity contribution < 1.29 is 9.53 Å². The van der Waals surface area contributed by atoms with Crippen LogP contribution in [0, 0.1) is 0 Å². The highest BCUT2D eigenvalue weighted by Gasteiger charge is 2.20. The van der Waals surface area contributed by atoms with E-state index in [0.717, 1.165) is 44.5 Å². The second kappa shape index (κ2) is 8.38. The van der Waals surface area contributed by atoms with Crippen molar-refractivity contribution in [2.24, 2.45) is 0 Å². The van der Waals surface area contributed by atoms with Gasteiger partial charge in [-0.25, -0.2) is 4.79 Å². The number of carbonyl (C=O) groups excluding carboxylic acids is 1. The highest BCUT2D eigenvalue weighted by Crippen LogP contribution is 2.23. The Kier molecular flexibility index (Phi) is 5.96. The topological polar surface area (TPSA) is 53.6 Å². The van der Waals surface area contributed by atoms with Crippen molar-refractivity contribution in [2.75, 3.05) is 30.4 Å². The van der Waals surface area contributed by atoms with E-state index in [2.05, 4.69) is 27.7 Å². The zero-order valence-electron chi connectivity index (χ0n) is 14.6. The number of rotatable bonds is 4. The second-order valence-corrected chi connectivity index (χ2v) is 6.93. The van der Waals surface area contributed by atoms with Crippen LogP contribution in [0.3, 0.4) is 0 Å². The molecular formula is C19H29N3O2. The molecule has 132 valence electrons. The van der Waals surface area contributed by atoms with Crippen LogP contribution in [-0.4, -0.2) is 38.4 Å². The van der Waals surface area contributed by atoms with Crippen LogP contribution in [0.15, 0.2) is 24.3 Å². The zero-order valence-corrected chi connectivity index (χ0v) is 14.6. The van der Waals surface area contributed by atoms with E-state index in [1.54, 1.807) is 7.11 Å². The molecule has 1 heterocycles. The van der Waals surface area contributed by atoms with Gasteiger partial charge in [0.1, 0.15) is 0 Å². The zero-order chi connectivity index (χ0) is 16.8. The van der Waals surface area contributed by atoms with Crippen LogP contribution < -0.4 is 15.5 Å². The van der Waals surface area contributed by atoms with Crippen LogP contribution in [0.5, 0.6) is 0 Å². The summed E-state index contributed by atoms with van der Waals surface area (Å²) in [7, 11) is 1.78. The lowest BCUT2D eigenvalue weighted by Gasteiger charge is -2.33. The molecule has 5 heteroatoms. The minimum atomic E-state index is -0.0907. The number of piperidine rings is 1. The molecule has 0 radical (unpaired) electrons. The van der Waals surface area contributed by atoms with Crippen LogP contribution in [0.4, 0.5) is 16.2 Å². The number of nitrogens with one attached hydrogen (secondary N) is 2. The van der Waals surface area contributed by atoms with Gasteiger partial charge in [-0.1, -0.05) is 19.3 Å². The second-order valence-electron chi connectivity index (χ2n) is 6.93. The van der Waals surface area contributed by atoms with Gasteiger partial charge in [0.15, 0.2) is 0 Å². The Morgan fingerprint density at radius 3 is 2.54 bits per heavy atom. The summed E-state index contributed by atoms with van der Waals surface area (Å²) >= 11 is 0. The van der Waals surface area contributed by atoms with Gasteiger partial charge in [0.25, 0.3) is 0 Å². The summed E-state index contributed by atoms with van der Waals surface area (Å²) in [6, 6.07) is 8.35. The smallest absolute Gasteiger partial charge is 0.319 e. The summed E-state index contributed by atoms with van der Waals surface area (Å²) in [6.07, 6.45) is 8.54. The van der Waals surface area contributed by atoms with E-state index < -0.39 is 0 Å². The first-order valence-corrected chi connectivity index (χ1v) is 9.20. The predicted octanol–water partition coefficient (Wildman–Crippen LogP) is 3.76. The third-order valence-electron chi connectivity index (χ3n) is 5.14. The Hall–Kier alpha value is -1.75. The number of methoxy groups -OCH3 is 1. The quantitative estimate of drug-likeness (QED) is 0.883. The molecule has 5 nitrogen and oxygen atoms in total. The molecule has 0 spiro atoms. The van der Waals surface area contributed by atoms with Crippen LogP contribution >= 0.6 is 0 Å². The van der Waals surface area contributed by atoms with Gasteiger partial charge >= 0.3 is 6.03 Å². The Morgan fingerprint density at radius 1 is 1.08 bits per heavy atom. The first-order chi connectivity index (χ1) is 11.7. The fourth-order valence-electron chi connectivity index (χ4n) is 3.72. The standard InChI is InChI=1S/C19H29N3O2/c1-24-18-8-5-13-22(14-18)17-11-9-16(10-12-17)21-19(23)20-15-6-3-2-4-7-15/h9-12,15,18H,2-8,13-14H2,1H3,(H2,20,21,23). The maximum Gasteiger partial charge on any atom is 0.319 e. The van der Waals surface area contributed by atoms with Gasteiger partial charge in [0.2, 0.25) is 0 Å². The van der Waals surface area contributed by atoms with E-state index in [9.17, 15) is 4.79 Å². The summed E-state index contributed by atoms with van der Waals surface area (Å²) < 4.78 is 5.48. The van der Waals surface area contributed by atoms with Gasteiger partial charge in [-0.2, -0.15) is 0 Å². The van der Waals surface area contributed by atoms with Crippen LogP contribution in [-0.2, 0) is 4.74 Å². The molecule has 24 heavy (non-hydrogen) atoms. The Labute approximate surface area is 144 Å². The molecule has 1 unspecified atom stereocenters. The number of urea groups is 1. The van der Waals surface area contributed by atoms with Crippen molar-refractivity contribution in [3.05, 3.63) is 24.3 Å². The number of anilines is 2. The van der Waals surface area contributed by atoms with E-state index in [1.807, 2.05) is 12.1 Å². The number of nitrogens with zero attached hydrogens (tertiary/aromatic N) is 1. The van der Waals surface area contributed by atoms with E-state index >= 15 is 0 Å². The molecule has 2 fully saturated rings. The molecule has 2 amide bonds. The largest absolute Gasteiger partial charge is 0.380 e. The predicted molar refractivity (Wildman–Crippen MR) is 97.7 cm³/mol. The van der Waals surface area contributed by atoms with Gasteiger partial charge in [-0.15, -0.1) is 0 Å². The molecule has 2 aliphatic rings. The first kappa shape index (κ1) is 17.1. The number of amides is 2. The number of hydrogen-bond acceptors (Lipinski definition) is 3. The Balaban J connectivity index is 1.51. The summed E-state index contributed by atoms with van der Waals surface area (Å²) in [5, 5.41) is 6.03. The molecule has 0 aromatic heterocycles. The van der Waals surface area contributed by atoms with Crippen LogP contribution in [0.25, 0.3) is 0 Å². The Bertz CT molecular complexity index is 526. The molecule has 0 bridgehead atoms. The number of carbonyl (C=O) groups is 1. The maximum atomic E-state index is 12.1. The SMILES string of the molecule is COC1CCCN(c2ccc(NC(=O)NC3CCCCC3)cc2)C1. The van der Waals surface area contributed by atoms with Crippen molar-refractivity contribution in [1.29, 1.82) is 0 Å². The molecule has 1 aromatic carbocycles. The fourth-order valence-corrected chi connectivity index (χ4v) is 3.72. The normalized spacial score (nSPS) is 22.2. The van der Waals surface area contributed by atoms with E-state index in [4.69, 9.17) is 4.74 Å². The lowest BCUT2D eigenvalue weighted by molar-refractivity contribution is 0.0893. The monoisotopic (exact) mass is 331 g/mol. The molecule has 1 saturated carbocycles. The third-order valence-corrected chi connectivity index (χ3v) is 5.14. The van der Waals surface area contributed by atoms with Gasteiger partial charge in [-0.05, 0) is 49.9 Å². The van der Waals surface area contributed by atoms with Crippen LogP contribution in [0.2, 0.25) is 0 Å². The highest BCUT2D eigenvalue weighted by molar-refractivity contribution is 5.89. The summed E-state index contributed by atoms with van der Waals surface area (Å²) in [6.45, 7) is 2.00. The van der Waals surface area contributed by atoms with Gasteiger partial charge in [0, 0.05) is 37.6 Å². The van der Waals surface area contributed by atoms with E-state index in [0.29, 0.717) is 12.1 Å². The molecule has 1 aliphatic heterocycles. The fraction of sp³-hybridized carbons (Fsp3) is 0.632. The van der Waals surface area contributed by atoms with Gasteiger partial charge in [-0.3, -0.25) is 0 Å². The summed E-state index contributed by atoms with van der Waals surface area (Å²) in [5.41, 5.74) is 2.03. The average molecular weight is 331 g/mol. The summed E-state index contributed by atoms with van der Waals surface area (Å²) in [4.78, 5) is 14.5. The number of ether oxygens (including phenoxy) is 1. The van der Waals surface area contributed by atoms with E-state index in [-0.39, 0.29) is 6.03 Å². The number of benzene rings is 1. The third kappa shape index (κ3) is 4.63. The van der Waals surface area contributed by atoms with Crippen LogP contribution in [0.1, 0.15) is 44.9 Å². The molecule has 1 aliphatic carbocycles. The molecule has 1 aromatic rings. The van der Waals surface area contributed by atoms with Crippen molar-refractivity contribution >= 4 is 17.4 Å². The van der Waals surface area contributed by atoms with Crippen molar-refractivity contribution in [3.63, 3.8) is 0 Å². The van der Waals surface area contributed by atoms with Gasteiger partial charge < -0.3 is 20.3 Å². The van der Waals surface area contributed by atoms with Crippen molar-refractivity contribution in [1.82, 2.24) is 5.32 Å². The van der Waals surface area contributed by atoms with Crippen molar-refractivity contribution in [2.45, 2.75) is 57.1 Å². The number of hydrogen-bond donors (Lipinski definition) is 2. The Morgan fingerprint density at radius 2 is 1.83 bits per heavy atom. The lowest BCUT2D eigenvalue weighted by atomic mass is 9.96. The molecule has 3 rings (SSSR count). The van der Waals surface area contributed by atoms with E-state index in [1.165, 1.54) is 24.9 Å². The average Bonchev–Trinajstić information content (AvgIpc) is 2.63. The maximum absolute atomic E-state index is 12.1. The minimum absolute atomic E-state index is 0.0907. The minimum Gasteiger partial charge on any atom is -0.380 e. The van der Waals surface area contributed by atoms with Gasteiger partial charge in [0.05, 0.1) is 6.10 Å². The molecule has 2 N–H and O–H groups in total. The van der Waals surface area contributed by atoms with Crippen molar-refractivity contribution in [3.8, 4) is 0 Å². The molecule has 1 saturated heterocycles.